The van der Waals surface area contributed by atoms with Crippen molar-refractivity contribution in [2.75, 3.05) is 0 Å². The minimum Gasteiger partial charge on any atom is -0.298 e. The molecular weight excluding hydrogens is 278 g/mol. The quantitative estimate of drug-likeness (QED) is 0.694. The molecule has 7 heteroatoms. The molecule has 21 heavy (non-hydrogen) atoms. The molecule has 0 N–H and O–H groups in total. The maximum atomic E-state index is 13.8. The molecule has 0 spiro atoms. The van der Waals surface area contributed by atoms with E-state index in [0.29, 0.717) is 6.29 Å². The van der Waals surface area contributed by atoms with Crippen LogP contribution in [-0.2, 0) is 0 Å². The Kier molecular flexibility index (Phi) is 3.23. The molecule has 0 saturated carbocycles. The van der Waals surface area contributed by atoms with Crippen molar-refractivity contribution >= 4 is 6.29 Å². The van der Waals surface area contributed by atoms with Crippen molar-refractivity contribution in [3.8, 4) is 17.2 Å². The summed E-state index contributed by atoms with van der Waals surface area (Å²) in [6.07, 6.45) is 4.90. The smallest absolute Gasteiger partial charge is 0.250 e. The second-order valence-electron chi connectivity index (χ2n) is 4.17. The fraction of sp³-hybridized carbons (Fsp3) is 0. The second kappa shape index (κ2) is 5.20. The molecule has 2 heterocycles. The van der Waals surface area contributed by atoms with Gasteiger partial charge >= 0.3 is 0 Å². The van der Waals surface area contributed by atoms with Crippen LogP contribution in [0, 0.1) is 11.6 Å². The van der Waals surface area contributed by atoms with Crippen molar-refractivity contribution in [1.82, 2.24) is 19.7 Å². The fourth-order valence-electron chi connectivity index (χ4n) is 1.87. The molecule has 0 aliphatic rings. The summed E-state index contributed by atoms with van der Waals surface area (Å²) in [6, 6.07) is 4.59. The van der Waals surface area contributed by atoms with E-state index in [1.165, 1.54) is 23.3 Å². The highest BCUT2D eigenvalue weighted by molar-refractivity contribution is 5.85. The zero-order valence-corrected chi connectivity index (χ0v) is 10.6. The van der Waals surface area contributed by atoms with Gasteiger partial charge in [-0.1, -0.05) is 0 Å². The number of aromatic nitrogens is 4. The van der Waals surface area contributed by atoms with Gasteiger partial charge in [0.15, 0.2) is 6.29 Å². The third-order valence-corrected chi connectivity index (χ3v) is 2.81. The highest BCUT2D eigenvalue weighted by Gasteiger charge is 2.16. The predicted octanol–water partition coefficient (Wildman–Crippen LogP) is 2.42. The van der Waals surface area contributed by atoms with Gasteiger partial charge in [-0.25, -0.2) is 23.4 Å². The Morgan fingerprint density at radius 3 is 2.62 bits per heavy atom. The maximum absolute atomic E-state index is 13.8. The number of hydrogen-bond donors (Lipinski definition) is 0. The minimum absolute atomic E-state index is 0.0365. The molecule has 0 bridgehead atoms. The van der Waals surface area contributed by atoms with Gasteiger partial charge in [0.25, 0.3) is 0 Å². The van der Waals surface area contributed by atoms with Gasteiger partial charge in [0.1, 0.15) is 17.3 Å². The number of nitrogens with zero attached hydrogens (tertiary/aromatic N) is 4. The van der Waals surface area contributed by atoms with E-state index in [-0.39, 0.29) is 22.8 Å². The van der Waals surface area contributed by atoms with Gasteiger partial charge in [0.05, 0.1) is 5.56 Å². The first-order valence-corrected chi connectivity index (χ1v) is 5.96. The Hall–Kier alpha value is -2.96. The zero-order valence-electron chi connectivity index (χ0n) is 10.6. The van der Waals surface area contributed by atoms with Crippen molar-refractivity contribution in [1.29, 1.82) is 0 Å². The first kappa shape index (κ1) is 13.0. The van der Waals surface area contributed by atoms with Crippen LogP contribution < -0.4 is 0 Å². The molecule has 3 aromatic rings. The number of halogens is 2. The van der Waals surface area contributed by atoms with E-state index in [4.69, 9.17) is 0 Å². The van der Waals surface area contributed by atoms with Crippen LogP contribution in [0.15, 0.2) is 42.9 Å². The summed E-state index contributed by atoms with van der Waals surface area (Å²) < 4.78 is 28.3. The number of aldehydes is 1. The van der Waals surface area contributed by atoms with Gasteiger partial charge < -0.3 is 0 Å². The Labute approximate surface area is 117 Å². The molecule has 1 aromatic carbocycles. The highest BCUT2D eigenvalue weighted by Crippen LogP contribution is 2.25. The van der Waals surface area contributed by atoms with Crippen LogP contribution in [0.4, 0.5) is 8.78 Å². The number of carbonyl (C=O) groups excluding carboxylic acids is 1. The molecule has 0 aliphatic heterocycles. The summed E-state index contributed by atoms with van der Waals surface area (Å²) in [5, 5.41) is 4.08. The summed E-state index contributed by atoms with van der Waals surface area (Å²) in [7, 11) is 0. The van der Waals surface area contributed by atoms with Crippen molar-refractivity contribution in [3.63, 3.8) is 0 Å². The summed E-state index contributed by atoms with van der Waals surface area (Å²) in [6.45, 7) is 0. The van der Waals surface area contributed by atoms with Crippen LogP contribution in [0.1, 0.15) is 10.4 Å². The molecular formula is C14H8F2N4O. The van der Waals surface area contributed by atoms with Crippen molar-refractivity contribution in [3.05, 3.63) is 60.1 Å². The monoisotopic (exact) mass is 286 g/mol. The van der Waals surface area contributed by atoms with Gasteiger partial charge in [-0.2, -0.15) is 5.10 Å². The Balaban J connectivity index is 2.17. The lowest BCUT2D eigenvalue weighted by Gasteiger charge is -2.01. The van der Waals surface area contributed by atoms with Gasteiger partial charge in [0, 0.05) is 24.2 Å². The Morgan fingerprint density at radius 2 is 1.90 bits per heavy atom. The lowest BCUT2D eigenvalue weighted by atomic mass is 10.1. The number of carbonyl (C=O) groups is 1. The molecule has 2 aromatic heterocycles. The molecule has 0 aliphatic carbocycles. The molecule has 0 amide bonds. The lowest BCUT2D eigenvalue weighted by Crippen LogP contribution is -2.00. The molecule has 0 unspecified atom stereocenters. The number of hydrogen-bond acceptors (Lipinski definition) is 4. The largest absolute Gasteiger partial charge is 0.298 e. The third kappa shape index (κ3) is 2.40. The molecule has 104 valence electrons. The SMILES string of the molecule is O=Cc1cn(-c2ncccn2)nc1-c1cc(F)ccc1F. The summed E-state index contributed by atoms with van der Waals surface area (Å²) in [5.41, 5.74) is 0.0631. The van der Waals surface area contributed by atoms with Gasteiger partial charge in [-0.15, -0.1) is 0 Å². The van der Waals surface area contributed by atoms with E-state index in [2.05, 4.69) is 15.1 Å². The van der Waals surface area contributed by atoms with Crippen LogP contribution in [0.3, 0.4) is 0 Å². The van der Waals surface area contributed by atoms with Crippen LogP contribution in [0.25, 0.3) is 17.2 Å². The number of rotatable bonds is 3. The maximum Gasteiger partial charge on any atom is 0.250 e. The lowest BCUT2D eigenvalue weighted by molar-refractivity contribution is 0.112. The van der Waals surface area contributed by atoms with E-state index in [1.54, 1.807) is 6.07 Å². The second-order valence-corrected chi connectivity index (χ2v) is 4.17. The number of benzene rings is 1. The molecule has 0 atom stereocenters. The molecule has 0 radical (unpaired) electrons. The van der Waals surface area contributed by atoms with Crippen LogP contribution in [-0.4, -0.2) is 26.0 Å². The average molecular weight is 286 g/mol. The molecule has 3 rings (SSSR count). The first-order chi connectivity index (χ1) is 10.2. The van der Waals surface area contributed by atoms with E-state index >= 15 is 0 Å². The highest BCUT2D eigenvalue weighted by atomic mass is 19.1. The Bertz CT molecular complexity index is 802. The van der Waals surface area contributed by atoms with Crippen molar-refractivity contribution in [2.45, 2.75) is 0 Å². The van der Waals surface area contributed by atoms with Crippen LogP contribution >= 0.6 is 0 Å². The summed E-state index contributed by atoms with van der Waals surface area (Å²) >= 11 is 0. The third-order valence-electron chi connectivity index (χ3n) is 2.81. The standard InChI is InChI=1S/C14H8F2N4O/c15-10-2-3-12(16)11(6-10)13-9(8-21)7-20(19-13)14-17-4-1-5-18-14/h1-8H. The molecule has 5 nitrogen and oxygen atoms in total. The molecule has 0 saturated heterocycles. The van der Waals surface area contributed by atoms with Gasteiger partial charge in [-0.05, 0) is 24.3 Å². The first-order valence-electron chi connectivity index (χ1n) is 5.96. The van der Waals surface area contributed by atoms with Crippen LogP contribution in [0.2, 0.25) is 0 Å². The Morgan fingerprint density at radius 1 is 1.14 bits per heavy atom. The summed E-state index contributed by atoms with van der Waals surface area (Å²) in [4.78, 5) is 19.1. The van der Waals surface area contributed by atoms with Gasteiger partial charge in [-0.3, -0.25) is 4.79 Å². The van der Waals surface area contributed by atoms with Crippen molar-refractivity contribution in [2.24, 2.45) is 0 Å². The minimum atomic E-state index is -0.668. The van der Waals surface area contributed by atoms with Gasteiger partial charge in [0.2, 0.25) is 5.95 Å². The average Bonchev–Trinajstić information content (AvgIpc) is 2.94. The van der Waals surface area contributed by atoms with E-state index in [0.717, 1.165) is 18.2 Å². The normalized spacial score (nSPS) is 10.6. The predicted molar refractivity (Wildman–Crippen MR) is 69.9 cm³/mol. The van der Waals surface area contributed by atoms with Crippen LogP contribution in [0.5, 0.6) is 0 Å². The van der Waals surface area contributed by atoms with E-state index < -0.39 is 11.6 Å². The summed E-state index contributed by atoms with van der Waals surface area (Å²) in [5.74, 6) is -1.06. The van der Waals surface area contributed by atoms with Crippen molar-refractivity contribution < 1.29 is 13.6 Å². The van der Waals surface area contributed by atoms with E-state index in [9.17, 15) is 13.6 Å². The molecule has 0 fully saturated rings. The fourth-order valence-corrected chi connectivity index (χ4v) is 1.87. The topological polar surface area (TPSA) is 60.7 Å². The van der Waals surface area contributed by atoms with E-state index in [1.807, 2.05) is 0 Å². The zero-order chi connectivity index (χ0) is 14.8.